The molecule has 1 heterocycles. The fourth-order valence-electron chi connectivity index (χ4n) is 2.44. The van der Waals surface area contributed by atoms with Crippen molar-refractivity contribution in [3.05, 3.63) is 29.3 Å². The van der Waals surface area contributed by atoms with E-state index in [0.29, 0.717) is 37.5 Å². The Hall–Kier alpha value is -1.46. The molecular formula is C17H25ClN2O3. The van der Waals surface area contributed by atoms with Crippen LogP contribution >= 0.6 is 11.6 Å². The Labute approximate surface area is 142 Å². The number of rotatable bonds is 3. The summed E-state index contributed by atoms with van der Waals surface area (Å²) in [6.07, 6.45) is 0.727. The van der Waals surface area contributed by atoms with Gasteiger partial charge in [0.05, 0.1) is 5.60 Å². The number of anilines is 1. The van der Waals surface area contributed by atoms with Crippen LogP contribution in [0.1, 0.15) is 33.6 Å². The summed E-state index contributed by atoms with van der Waals surface area (Å²) in [6, 6.07) is 7.36. The van der Waals surface area contributed by atoms with Crippen LogP contribution in [0.3, 0.4) is 0 Å². The van der Waals surface area contributed by atoms with E-state index in [0.717, 1.165) is 5.69 Å². The van der Waals surface area contributed by atoms with Crippen molar-refractivity contribution >= 4 is 23.4 Å². The van der Waals surface area contributed by atoms with Gasteiger partial charge in [-0.3, -0.25) is 0 Å². The first-order chi connectivity index (χ1) is 10.7. The minimum Gasteiger partial charge on any atom is -0.444 e. The van der Waals surface area contributed by atoms with Crippen LogP contribution in [0.2, 0.25) is 5.02 Å². The van der Waals surface area contributed by atoms with Crippen LogP contribution in [-0.2, 0) is 4.74 Å². The van der Waals surface area contributed by atoms with E-state index in [9.17, 15) is 9.90 Å². The molecular weight excluding hydrogens is 316 g/mol. The van der Waals surface area contributed by atoms with E-state index in [2.05, 4.69) is 5.32 Å². The lowest BCUT2D eigenvalue weighted by molar-refractivity contribution is -0.0244. The number of amides is 1. The minimum atomic E-state index is -0.821. The molecule has 1 aliphatic rings. The SMILES string of the molecule is CC(C)(C)OC(=O)N1CCC(O)(CNc2ccc(Cl)cc2)CC1. The van der Waals surface area contributed by atoms with Gasteiger partial charge >= 0.3 is 6.09 Å². The van der Waals surface area contributed by atoms with Crippen molar-refractivity contribution in [3.8, 4) is 0 Å². The third-order valence-corrected chi connectivity index (χ3v) is 4.06. The van der Waals surface area contributed by atoms with Crippen molar-refractivity contribution in [2.45, 2.75) is 44.8 Å². The van der Waals surface area contributed by atoms with Crippen LogP contribution in [0.15, 0.2) is 24.3 Å². The predicted octanol–water partition coefficient (Wildman–Crippen LogP) is 3.51. The molecule has 128 valence electrons. The summed E-state index contributed by atoms with van der Waals surface area (Å²) in [4.78, 5) is 13.7. The Balaban J connectivity index is 1.82. The maximum atomic E-state index is 12.0. The zero-order valence-corrected chi connectivity index (χ0v) is 14.7. The Kier molecular flexibility index (Phi) is 5.42. The summed E-state index contributed by atoms with van der Waals surface area (Å²) in [5.41, 5.74) is -0.406. The number of hydrogen-bond donors (Lipinski definition) is 2. The summed E-state index contributed by atoms with van der Waals surface area (Å²) >= 11 is 5.85. The largest absolute Gasteiger partial charge is 0.444 e. The molecule has 1 aromatic carbocycles. The average Bonchev–Trinajstić information content (AvgIpc) is 2.46. The summed E-state index contributed by atoms with van der Waals surface area (Å²) in [5, 5.41) is 14.6. The molecule has 0 spiro atoms. The summed E-state index contributed by atoms with van der Waals surface area (Å²) in [7, 11) is 0. The molecule has 0 radical (unpaired) electrons. The van der Waals surface area contributed by atoms with Gasteiger partial charge in [0.2, 0.25) is 0 Å². The molecule has 2 N–H and O–H groups in total. The van der Waals surface area contributed by atoms with Crippen LogP contribution < -0.4 is 5.32 Å². The van der Waals surface area contributed by atoms with Crippen molar-refractivity contribution in [2.24, 2.45) is 0 Å². The van der Waals surface area contributed by atoms with Gasteiger partial charge in [0.25, 0.3) is 0 Å². The number of piperidine rings is 1. The van der Waals surface area contributed by atoms with Crippen molar-refractivity contribution < 1.29 is 14.6 Å². The zero-order chi connectivity index (χ0) is 17.1. The molecule has 0 bridgehead atoms. The van der Waals surface area contributed by atoms with Gasteiger partial charge in [0.15, 0.2) is 0 Å². The average molecular weight is 341 g/mol. The summed E-state index contributed by atoms with van der Waals surface area (Å²) in [5.74, 6) is 0. The molecule has 0 aliphatic carbocycles. The van der Waals surface area contributed by atoms with Gasteiger partial charge in [0.1, 0.15) is 5.60 Å². The highest BCUT2D eigenvalue weighted by Crippen LogP contribution is 2.24. The molecule has 23 heavy (non-hydrogen) atoms. The number of aliphatic hydroxyl groups is 1. The number of nitrogens with zero attached hydrogens (tertiary/aromatic N) is 1. The first-order valence-corrected chi connectivity index (χ1v) is 8.24. The maximum absolute atomic E-state index is 12.0. The fraction of sp³-hybridized carbons (Fsp3) is 0.588. The number of likely N-dealkylation sites (tertiary alicyclic amines) is 1. The van der Waals surface area contributed by atoms with Gasteiger partial charge < -0.3 is 20.1 Å². The van der Waals surface area contributed by atoms with E-state index in [-0.39, 0.29) is 6.09 Å². The third kappa shape index (κ3) is 5.59. The van der Waals surface area contributed by atoms with E-state index in [4.69, 9.17) is 16.3 Å². The maximum Gasteiger partial charge on any atom is 0.410 e. The minimum absolute atomic E-state index is 0.315. The van der Waals surface area contributed by atoms with Crippen molar-refractivity contribution in [1.82, 2.24) is 4.90 Å². The first-order valence-electron chi connectivity index (χ1n) is 7.87. The number of carbonyl (C=O) groups excluding carboxylic acids is 1. The van der Waals surface area contributed by atoms with Crippen LogP contribution in [0.5, 0.6) is 0 Å². The highest BCUT2D eigenvalue weighted by atomic mass is 35.5. The lowest BCUT2D eigenvalue weighted by Crippen LogP contribution is -2.50. The van der Waals surface area contributed by atoms with Gasteiger partial charge in [-0.2, -0.15) is 0 Å². The van der Waals surface area contributed by atoms with Gasteiger partial charge in [0, 0.05) is 30.3 Å². The van der Waals surface area contributed by atoms with Crippen LogP contribution in [-0.4, -0.2) is 46.9 Å². The summed E-state index contributed by atoms with van der Waals surface area (Å²) in [6.45, 7) is 6.97. The predicted molar refractivity (Wildman–Crippen MR) is 91.9 cm³/mol. The molecule has 6 heteroatoms. The Morgan fingerprint density at radius 3 is 2.39 bits per heavy atom. The number of nitrogens with one attached hydrogen (secondary N) is 1. The number of hydrogen-bond acceptors (Lipinski definition) is 4. The highest BCUT2D eigenvalue weighted by molar-refractivity contribution is 6.30. The van der Waals surface area contributed by atoms with Gasteiger partial charge in [-0.15, -0.1) is 0 Å². The summed E-state index contributed by atoms with van der Waals surface area (Å²) < 4.78 is 5.36. The molecule has 0 saturated carbocycles. The van der Waals surface area contributed by atoms with E-state index in [1.165, 1.54) is 0 Å². The van der Waals surface area contributed by atoms with Crippen molar-refractivity contribution in [1.29, 1.82) is 0 Å². The molecule has 0 unspecified atom stereocenters. The number of carbonyl (C=O) groups is 1. The second-order valence-electron chi connectivity index (χ2n) is 7.05. The molecule has 2 rings (SSSR count). The third-order valence-electron chi connectivity index (χ3n) is 3.81. The van der Waals surface area contributed by atoms with Crippen LogP contribution in [0, 0.1) is 0 Å². The lowest BCUT2D eigenvalue weighted by atomic mass is 9.91. The second-order valence-corrected chi connectivity index (χ2v) is 7.49. The highest BCUT2D eigenvalue weighted by Gasteiger charge is 2.35. The number of halogens is 1. The Morgan fingerprint density at radius 2 is 1.87 bits per heavy atom. The van der Waals surface area contributed by atoms with E-state index in [1.54, 1.807) is 17.0 Å². The molecule has 1 aliphatic heterocycles. The Morgan fingerprint density at radius 1 is 1.30 bits per heavy atom. The van der Waals surface area contributed by atoms with E-state index >= 15 is 0 Å². The molecule has 1 aromatic rings. The quantitative estimate of drug-likeness (QED) is 0.883. The second kappa shape index (κ2) is 6.97. The van der Waals surface area contributed by atoms with Gasteiger partial charge in [-0.1, -0.05) is 11.6 Å². The Bertz CT molecular complexity index is 532. The van der Waals surface area contributed by atoms with Crippen LogP contribution in [0.25, 0.3) is 0 Å². The smallest absolute Gasteiger partial charge is 0.410 e. The van der Waals surface area contributed by atoms with Gasteiger partial charge in [-0.05, 0) is 57.9 Å². The topological polar surface area (TPSA) is 61.8 Å². The van der Waals surface area contributed by atoms with E-state index in [1.807, 2.05) is 32.9 Å². The molecule has 5 nitrogen and oxygen atoms in total. The zero-order valence-electron chi connectivity index (χ0n) is 13.9. The molecule has 0 aromatic heterocycles. The number of benzene rings is 1. The standard InChI is InChI=1S/C17H25ClN2O3/c1-16(2,3)23-15(21)20-10-8-17(22,9-11-20)12-19-14-6-4-13(18)5-7-14/h4-7,19,22H,8-12H2,1-3H3. The van der Waals surface area contributed by atoms with Gasteiger partial charge in [-0.25, -0.2) is 4.79 Å². The molecule has 0 atom stereocenters. The van der Waals surface area contributed by atoms with Crippen molar-refractivity contribution in [3.63, 3.8) is 0 Å². The van der Waals surface area contributed by atoms with Crippen molar-refractivity contribution in [2.75, 3.05) is 25.0 Å². The normalized spacial score (nSPS) is 17.7. The lowest BCUT2D eigenvalue weighted by Gasteiger charge is -2.38. The monoisotopic (exact) mass is 340 g/mol. The molecule has 1 saturated heterocycles. The van der Waals surface area contributed by atoms with Crippen LogP contribution in [0.4, 0.5) is 10.5 Å². The first kappa shape index (κ1) is 17.9. The number of ether oxygens (including phenoxy) is 1. The molecule has 1 amide bonds. The molecule has 1 fully saturated rings. The van der Waals surface area contributed by atoms with E-state index < -0.39 is 11.2 Å². The fourth-order valence-corrected chi connectivity index (χ4v) is 2.57.